The minimum atomic E-state index is 0.358. The van der Waals surface area contributed by atoms with Crippen molar-refractivity contribution < 1.29 is 9.21 Å². The fraction of sp³-hybridized carbons (Fsp3) is 0. The predicted molar refractivity (Wildman–Crippen MR) is 82.4 cm³/mol. The highest BCUT2D eigenvalue weighted by Crippen LogP contribution is 2.36. The Morgan fingerprint density at radius 3 is 2.60 bits per heavy atom. The van der Waals surface area contributed by atoms with Crippen molar-refractivity contribution in [2.75, 3.05) is 0 Å². The van der Waals surface area contributed by atoms with E-state index in [1.807, 2.05) is 12.1 Å². The van der Waals surface area contributed by atoms with E-state index in [-0.39, 0.29) is 0 Å². The van der Waals surface area contributed by atoms with Gasteiger partial charge in [0.1, 0.15) is 5.76 Å². The van der Waals surface area contributed by atoms with Crippen molar-refractivity contribution in [1.29, 1.82) is 0 Å². The summed E-state index contributed by atoms with van der Waals surface area (Å²) in [5.74, 6) is 1.09. The molecule has 2 aromatic carbocycles. The van der Waals surface area contributed by atoms with Gasteiger partial charge in [-0.3, -0.25) is 4.79 Å². The highest BCUT2D eigenvalue weighted by Gasteiger charge is 2.08. The van der Waals surface area contributed by atoms with Crippen LogP contribution in [-0.2, 0) is 0 Å². The van der Waals surface area contributed by atoms with Gasteiger partial charge < -0.3 is 4.42 Å². The Labute approximate surface area is 119 Å². The van der Waals surface area contributed by atoms with E-state index < -0.39 is 0 Å². The van der Waals surface area contributed by atoms with Crippen LogP contribution >= 0.6 is 11.3 Å². The second-order valence-electron chi connectivity index (χ2n) is 4.63. The Hall–Kier alpha value is -2.39. The maximum Gasteiger partial charge on any atom is 0.185 e. The summed E-state index contributed by atoms with van der Waals surface area (Å²) in [5, 5.41) is 2.54. The molecule has 20 heavy (non-hydrogen) atoms. The number of carbonyl (C=O) groups excluding carboxylic acids is 1. The highest BCUT2D eigenvalue weighted by atomic mass is 32.1. The lowest BCUT2D eigenvalue weighted by Crippen LogP contribution is -1.73. The first-order chi connectivity index (χ1) is 9.85. The summed E-state index contributed by atoms with van der Waals surface area (Å²) in [4.78, 5) is 10.7. The molecule has 2 heterocycles. The van der Waals surface area contributed by atoms with Gasteiger partial charge in [-0.15, -0.1) is 11.3 Å². The number of hydrogen-bond donors (Lipinski definition) is 0. The zero-order valence-electron chi connectivity index (χ0n) is 10.5. The van der Waals surface area contributed by atoms with E-state index in [1.54, 1.807) is 17.4 Å². The van der Waals surface area contributed by atoms with Crippen molar-refractivity contribution >= 4 is 37.8 Å². The standard InChI is InChI=1S/C17H10O2S/c18-10-12-6-8-15(19-12)11-5-7-14-13-3-1-2-4-16(13)20-17(14)9-11/h1-10H. The first-order valence-corrected chi connectivity index (χ1v) is 7.13. The maximum absolute atomic E-state index is 10.7. The van der Waals surface area contributed by atoms with Gasteiger partial charge in [0.25, 0.3) is 0 Å². The molecule has 0 saturated carbocycles. The van der Waals surface area contributed by atoms with Crippen LogP contribution in [0.1, 0.15) is 10.6 Å². The summed E-state index contributed by atoms with van der Waals surface area (Å²) in [6.07, 6.45) is 0.724. The monoisotopic (exact) mass is 278 g/mol. The smallest absolute Gasteiger partial charge is 0.185 e. The highest BCUT2D eigenvalue weighted by molar-refractivity contribution is 7.25. The molecule has 0 fully saturated rings. The van der Waals surface area contributed by atoms with Crippen LogP contribution in [0.5, 0.6) is 0 Å². The number of fused-ring (bicyclic) bond motifs is 3. The van der Waals surface area contributed by atoms with Crippen LogP contribution in [0.3, 0.4) is 0 Å². The molecule has 0 bridgehead atoms. The molecule has 0 N–H and O–H groups in total. The van der Waals surface area contributed by atoms with Gasteiger partial charge in [0.2, 0.25) is 0 Å². The number of rotatable bonds is 2. The van der Waals surface area contributed by atoms with E-state index in [1.165, 1.54) is 20.2 Å². The van der Waals surface area contributed by atoms with Crippen LogP contribution < -0.4 is 0 Å². The summed E-state index contributed by atoms with van der Waals surface area (Å²) in [5.41, 5.74) is 0.997. The number of aldehydes is 1. The van der Waals surface area contributed by atoms with E-state index in [0.29, 0.717) is 5.76 Å². The predicted octanol–water partition coefficient (Wildman–Crippen LogP) is 5.13. The van der Waals surface area contributed by atoms with E-state index in [0.717, 1.165) is 17.6 Å². The lowest BCUT2D eigenvalue weighted by Gasteiger charge is -1.97. The van der Waals surface area contributed by atoms with Crippen LogP contribution in [0.4, 0.5) is 0 Å². The third kappa shape index (κ3) is 1.67. The van der Waals surface area contributed by atoms with Gasteiger partial charge in [-0.05, 0) is 24.3 Å². The fourth-order valence-electron chi connectivity index (χ4n) is 2.45. The molecule has 0 aliphatic carbocycles. The Bertz CT molecular complexity index is 930. The zero-order valence-corrected chi connectivity index (χ0v) is 11.3. The van der Waals surface area contributed by atoms with Crippen LogP contribution in [0.15, 0.2) is 59.0 Å². The molecule has 0 radical (unpaired) electrons. The molecule has 3 heteroatoms. The molecule has 96 valence electrons. The lowest BCUT2D eigenvalue weighted by atomic mass is 10.1. The van der Waals surface area contributed by atoms with Crippen molar-refractivity contribution in [3.05, 3.63) is 60.4 Å². The van der Waals surface area contributed by atoms with Crippen LogP contribution in [0.25, 0.3) is 31.5 Å². The van der Waals surface area contributed by atoms with E-state index in [9.17, 15) is 4.79 Å². The summed E-state index contributed by atoms with van der Waals surface area (Å²) >= 11 is 1.77. The van der Waals surface area contributed by atoms with Gasteiger partial charge in [0, 0.05) is 25.7 Å². The van der Waals surface area contributed by atoms with Crippen molar-refractivity contribution in [1.82, 2.24) is 0 Å². The lowest BCUT2D eigenvalue weighted by molar-refractivity contribution is 0.110. The SMILES string of the molecule is O=Cc1ccc(-c2ccc3c(c2)sc2ccccc23)o1. The van der Waals surface area contributed by atoms with Gasteiger partial charge in [-0.1, -0.05) is 30.3 Å². The van der Waals surface area contributed by atoms with Crippen molar-refractivity contribution in [2.24, 2.45) is 0 Å². The quantitative estimate of drug-likeness (QED) is 0.476. The number of thiophene rings is 1. The third-order valence-corrected chi connectivity index (χ3v) is 4.54. The number of hydrogen-bond acceptors (Lipinski definition) is 3. The molecule has 0 unspecified atom stereocenters. The van der Waals surface area contributed by atoms with Crippen molar-refractivity contribution in [2.45, 2.75) is 0 Å². The van der Waals surface area contributed by atoms with Gasteiger partial charge in [0.05, 0.1) is 0 Å². The van der Waals surface area contributed by atoms with Gasteiger partial charge in [0.15, 0.2) is 12.0 Å². The normalized spacial score (nSPS) is 11.2. The van der Waals surface area contributed by atoms with Crippen molar-refractivity contribution in [3.63, 3.8) is 0 Å². The summed E-state index contributed by atoms with van der Waals surface area (Å²) in [6.45, 7) is 0. The van der Waals surface area contributed by atoms with E-state index >= 15 is 0 Å². The average Bonchev–Trinajstić information content (AvgIpc) is 3.10. The second-order valence-corrected chi connectivity index (χ2v) is 5.71. The molecule has 0 spiro atoms. The second kappa shape index (κ2) is 4.32. The zero-order chi connectivity index (χ0) is 13.5. The Kier molecular flexibility index (Phi) is 2.47. The van der Waals surface area contributed by atoms with Crippen LogP contribution in [-0.4, -0.2) is 6.29 Å². The molecule has 0 aliphatic rings. The first kappa shape index (κ1) is 11.4. The molecule has 4 rings (SSSR count). The van der Waals surface area contributed by atoms with E-state index in [4.69, 9.17) is 4.42 Å². The van der Waals surface area contributed by atoms with Crippen LogP contribution in [0.2, 0.25) is 0 Å². The van der Waals surface area contributed by atoms with Crippen molar-refractivity contribution in [3.8, 4) is 11.3 Å². The number of furan rings is 1. The minimum absolute atomic E-state index is 0.358. The summed E-state index contributed by atoms with van der Waals surface area (Å²) in [7, 11) is 0. The van der Waals surface area contributed by atoms with E-state index in [2.05, 4.69) is 36.4 Å². The number of benzene rings is 2. The molecular formula is C17H10O2S. The van der Waals surface area contributed by atoms with Gasteiger partial charge in [-0.25, -0.2) is 0 Å². The molecule has 0 aliphatic heterocycles. The molecule has 0 atom stereocenters. The molecule has 2 aromatic heterocycles. The first-order valence-electron chi connectivity index (χ1n) is 6.32. The summed E-state index contributed by atoms with van der Waals surface area (Å²) in [6, 6.07) is 18.2. The molecular weight excluding hydrogens is 268 g/mol. The third-order valence-electron chi connectivity index (χ3n) is 3.41. The van der Waals surface area contributed by atoms with Gasteiger partial charge in [-0.2, -0.15) is 0 Å². The average molecular weight is 278 g/mol. The Morgan fingerprint density at radius 1 is 0.900 bits per heavy atom. The minimum Gasteiger partial charge on any atom is -0.453 e. The maximum atomic E-state index is 10.7. The molecule has 4 aromatic rings. The molecule has 0 amide bonds. The molecule has 0 saturated heterocycles. The Morgan fingerprint density at radius 2 is 1.75 bits per heavy atom. The topological polar surface area (TPSA) is 30.2 Å². The summed E-state index contributed by atoms with van der Waals surface area (Å²) < 4.78 is 7.99. The largest absolute Gasteiger partial charge is 0.453 e. The Balaban J connectivity index is 1.94. The van der Waals surface area contributed by atoms with Gasteiger partial charge >= 0.3 is 0 Å². The molecule has 2 nitrogen and oxygen atoms in total. The fourth-order valence-corrected chi connectivity index (χ4v) is 3.60. The number of carbonyl (C=O) groups is 1. The van der Waals surface area contributed by atoms with Crippen LogP contribution in [0, 0.1) is 0 Å².